The lowest BCUT2D eigenvalue weighted by Gasteiger charge is -1.95. The van der Waals surface area contributed by atoms with Gasteiger partial charge >= 0.3 is 5.97 Å². The molecule has 0 amide bonds. The first kappa shape index (κ1) is 7.88. The lowest BCUT2D eigenvalue weighted by Crippen LogP contribution is -2.09. The smallest absolute Gasteiger partial charge is 0.340 e. The van der Waals surface area contributed by atoms with Crippen molar-refractivity contribution < 1.29 is 14.3 Å². The Morgan fingerprint density at radius 3 is 2.00 bits per heavy atom. The summed E-state index contributed by atoms with van der Waals surface area (Å²) in [5.41, 5.74) is -0.113. The highest BCUT2D eigenvalue weighted by Gasteiger charge is 2.09. The van der Waals surface area contributed by atoms with Crippen LogP contribution in [0.25, 0.3) is 0 Å². The molecule has 0 saturated carbocycles. The lowest BCUT2D eigenvalue weighted by molar-refractivity contribution is -0.137. The van der Waals surface area contributed by atoms with E-state index in [1.54, 1.807) is 0 Å². The third-order valence-corrected chi connectivity index (χ3v) is 0.857. The zero-order valence-electron chi connectivity index (χ0n) is 5.43. The molecule has 3 heteroatoms. The van der Waals surface area contributed by atoms with E-state index in [-0.39, 0.29) is 11.4 Å². The molecule has 0 bridgehead atoms. The van der Waals surface area contributed by atoms with Crippen LogP contribution in [-0.4, -0.2) is 18.9 Å². The molecule has 0 aliphatic rings. The standard InChI is InChI=1S/C6H8O3/c1-4(5(2)7)6(8)9-3/h1H2,2-3H3. The van der Waals surface area contributed by atoms with E-state index in [9.17, 15) is 9.59 Å². The molecule has 0 unspecified atom stereocenters. The van der Waals surface area contributed by atoms with Crippen molar-refractivity contribution in [2.24, 2.45) is 0 Å². The fourth-order valence-electron chi connectivity index (χ4n) is 0.267. The number of rotatable bonds is 2. The zero-order chi connectivity index (χ0) is 7.44. The molecule has 0 aliphatic carbocycles. The fraction of sp³-hybridized carbons (Fsp3) is 0.333. The molecular formula is C6H8O3. The van der Waals surface area contributed by atoms with Crippen molar-refractivity contribution in [3.05, 3.63) is 12.2 Å². The normalized spacial score (nSPS) is 8.22. The van der Waals surface area contributed by atoms with Gasteiger partial charge in [0.15, 0.2) is 5.78 Å². The van der Waals surface area contributed by atoms with Gasteiger partial charge in [-0.2, -0.15) is 0 Å². The van der Waals surface area contributed by atoms with Crippen LogP contribution in [0.15, 0.2) is 12.2 Å². The molecule has 0 aromatic heterocycles. The second-order valence-electron chi connectivity index (χ2n) is 1.53. The summed E-state index contributed by atoms with van der Waals surface area (Å²) in [5.74, 6) is -1.02. The number of hydrogen-bond donors (Lipinski definition) is 0. The SMILES string of the molecule is C=C(C(C)=O)C(=O)OC. The maximum absolute atomic E-state index is 10.4. The second kappa shape index (κ2) is 3.02. The average molecular weight is 128 g/mol. The maximum Gasteiger partial charge on any atom is 0.340 e. The van der Waals surface area contributed by atoms with Crippen molar-refractivity contribution >= 4 is 11.8 Å². The summed E-state index contributed by atoms with van der Waals surface area (Å²) >= 11 is 0. The molecule has 0 aliphatic heterocycles. The number of esters is 1. The Balaban J connectivity index is 4.05. The van der Waals surface area contributed by atoms with Gasteiger partial charge in [0.2, 0.25) is 0 Å². The number of carbonyl (C=O) groups is 2. The average Bonchev–Trinajstić information content (AvgIpc) is 1.84. The highest BCUT2D eigenvalue weighted by Crippen LogP contribution is 1.93. The Labute approximate surface area is 53.3 Å². The number of ketones is 1. The minimum atomic E-state index is -0.664. The van der Waals surface area contributed by atoms with E-state index >= 15 is 0 Å². The molecule has 3 nitrogen and oxygen atoms in total. The molecule has 0 rings (SSSR count). The molecule has 0 saturated heterocycles. The summed E-state index contributed by atoms with van der Waals surface area (Å²) in [6, 6.07) is 0. The molecule has 0 aromatic rings. The Kier molecular flexibility index (Phi) is 2.64. The Bertz CT molecular complexity index is 158. The maximum atomic E-state index is 10.4. The minimum Gasteiger partial charge on any atom is -0.465 e. The van der Waals surface area contributed by atoms with Crippen molar-refractivity contribution in [2.45, 2.75) is 6.92 Å². The molecule has 0 aromatic carbocycles. The zero-order valence-corrected chi connectivity index (χ0v) is 5.43. The summed E-state index contributed by atoms with van der Waals surface area (Å²) in [6.07, 6.45) is 0. The molecule has 0 N–H and O–H groups in total. The molecular weight excluding hydrogens is 120 g/mol. The van der Waals surface area contributed by atoms with Crippen molar-refractivity contribution in [1.82, 2.24) is 0 Å². The topological polar surface area (TPSA) is 43.4 Å². The van der Waals surface area contributed by atoms with Crippen LogP contribution in [0, 0.1) is 0 Å². The Morgan fingerprint density at radius 2 is 1.89 bits per heavy atom. The molecule has 0 heterocycles. The summed E-state index contributed by atoms with van der Waals surface area (Å²) in [4.78, 5) is 20.8. The van der Waals surface area contributed by atoms with Crippen molar-refractivity contribution in [3.8, 4) is 0 Å². The van der Waals surface area contributed by atoms with Crippen LogP contribution in [0.3, 0.4) is 0 Å². The van der Waals surface area contributed by atoms with Crippen LogP contribution in [0.4, 0.5) is 0 Å². The van der Waals surface area contributed by atoms with Crippen molar-refractivity contribution in [1.29, 1.82) is 0 Å². The summed E-state index contributed by atoms with van der Waals surface area (Å²) in [7, 11) is 1.20. The van der Waals surface area contributed by atoms with E-state index in [0.29, 0.717) is 0 Å². The van der Waals surface area contributed by atoms with Crippen LogP contribution < -0.4 is 0 Å². The molecule has 0 fully saturated rings. The van der Waals surface area contributed by atoms with Crippen LogP contribution in [0.2, 0.25) is 0 Å². The predicted molar refractivity (Wildman–Crippen MR) is 31.8 cm³/mol. The van der Waals surface area contributed by atoms with E-state index in [1.807, 2.05) is 0 Å². The summed E-state index contributed by atoms with van der Waals surface area (Å²) < 4.78 is 4.21. The number of methoxy groups -OCH3 is 1. The van der Waals surface area contributed by atoms with E-state index in [0.717, 1.165) is 0 Å². The Morgan fingerprint density at radius 1 is 1.44 bits per heavy atom. The first-order valence-corrected chi connectivity index (χ1v) is 2.37. The van der Waals surface area contributed by atoms with Crippen LogP contribution in [0.1, 0.15) is 6.92 Å². The van der Waals surface area contributed by atoms with E-state index in [1.165, 1.54) is 14.0 Å². The second-order valence-corrected chi connectivity index (χ2v) is 1.53. The van der Waals surface area contributed by atoms with Gasteiger partial charge in [-0.3, -0.25) is 4.79 Å². The molecule has 9 heavy (non-hydrogen) atoms. The fourth-order valence-corrected chi connectivity index (χ4v) is 0.267. The van der Waals surface area contributed by atoms with Gasteiger partial charge in [0, 0.05) is 0 Å². The monoisotopic (exact) mass is 128 g/mol. The molecule has 0 atom stereocenters. The van der Waals surface area contributed by atoms with Gasteiger partial charge in [-0.05, 0) is 6.92 Å². The van der Waals surface area contributed by atoms with Crippen LogP contribution in [-0.2, 0) is 14.3 Å². The van der Waals surface area contributed by atoms with Gasteiger partial charge in [0.05, 0.1) is 12.7 Å². The number of carbonyl (C=O) groups excluding carboxylic acids is 2. The number of Topliss-reactive ketones (excluding diaryl/α,β-unsaturated/α-hetero) is 1. The first-order valence-electron chi connectivity index (χ1n) is 2.37. The van der Waals surface area contributed by atoms with Gasteiger partial charge in [0.25, 0.3) is 0 Å². The number of ether oxygens (including phenoxy) is 1. The summed E-state index contributed by atoms with van der Waals surface area (Å²) in [6.45, 7) is 4.46. The van der Waals surface area contributed by atoms with Gasteiger partial charge in [-0.1, -0.05) is 6.58 Å². The largest absolute Gasteiger partial charge is 0.465 e. The van der Waals surface area contributed by atoms with E-state index < -0.39 is 5.97 Å². The van der Waals surface area contributed by atoms with Crippen LogP contribution in [0.5, 0.6) is 0 Å². The lowest BCUT2D eigenvalue weighted by atomic mass is 10.2. The highest BCUT2D eigenvalue weighted by molar-refractivity contribution is 6.15. The van der Waals surface area contributed by atoms with E-state index in [4.69, 9.17) is 0 Å². The highest BCUT2D eigenvalue weighted by atomic mass is 16.5. The Hall–Kier alpha value is -1.12. The minimum absolute atomic E-state index is 0.113. The molecule has 50 valence electrons. The number of hydrogen-bond acceptors (Lipinski definition) is 3. The van der Waals surface area contributed by atoms with Crippen molar-refractivity contribution in [3.63, 3.8) is 0 Å². The summed E-state index contributed by atoms with van der Waals surface area (Å²) in [5, 5.41) is 0. The van der Waals surface area contributed by atoms with Gasteiger partial charge < -0.3 is 4.74 Å². The molecule has 0 spiro atoms. The van der Waals surface area contributed by atoms with Gasteiger partial charge in [-0.25, -0.2) is 4.79 Å². The van der Waals surface area contributed by atoms with Gasteiger partial charge in [-0.15, -0.1) is 0 Å². The predicted octanol–water partition coefficient (Wildman–Crippen LogP) is 0.305. The van der Waals surface area contributed by atoms with Crippen molar-refractivity contribution in [2.75, 3.05) is 7.11 Å². The quantitative estimate of drug-likeness (QED) is 0.232. The third-order valence-electron chi connectivity index (χ3n) is 0.857. The van der Waals surface area contributed by atoms with E-state index in [2.05, 4.69) is 11.3 Å². The van der Waals surface area contributed by atoms with Crippen LogP contribution >= 0.6 is 0 Å². The first-order chi connectivity index (χ1) is 4.09. The molecule has 0 radical (unpaired) electrons. The van der Waals surface area contributed by atoms with Gasteiger partial charge in [0.1, 0.15) is 0 Å². The third kappa shape index (κ3) is 2.08.